The first-order chi connectivity index (χ1) is 20.8. The van der Waals surface area contributed by atoms with Gasteiger partial charge in [0, 0.05) is 12.1 Å². The fourth-order valence-corrected chi connectivity index (χ4v) is 6.00. The number of rotatable bonds is 8. The van der Waals surface area contributed by atoms with E-state index in [0.717, 1.165) is 5.39 Å². The third-order valence-electron chi connectivity index (χ3n) is 6.56. The molecule has 10 nitrogen and oxygen atoms in total. The molecular formula is C31H20Br2N4O6. The predicted molar refractivity (Wildman–Crippen MR) is 170 cm³/mol. The Hall–Kier alpha value is -4.81. The molecular weight excluding hydrogens is 684 g/mol. The molecule has 12 heteroatoms. The van der Waals surface area contributed by atoms with Crippen LogP contribution in [0.15, 0.2) is 108 Å². The number of methoxy groups -OCH3 is 1. The maximum Gasteiger partial charge on any atom is 0.282 e. The smallest absolute Gasteiger partial charge is 0.282 e. The Morgan fingerprint density at radius 3 is 2.53 bits per heavy atom. The van der Waals surface area contributed by atoms with E-state index >= 15 is 0 Å². The van der Waals surface area contributed by atoms with E-state index in [2.05, 4.69) is 37.0 Å². The average Bonchev–Trinajstić information content (AvgIpc) is 3.45. The second-order valence-corrected chi connectivity index (χ2v) is 11.0. The number of nitrogens with zero attached hydrogens (tertiary/aromatic N) is 4. The molecule has 0 bridgehead atoms. The summed E-state index contributed by atoms with van der Waals surface area (Å²) in [5, 5.41) is 16.8. The second-order valence-electron chi connectivity index (χ2n) is 9.33. The van der Waals surface area contributed by atoms with E-state index in [0.29, 0.717) is 53.8 Å². The van der Waals surface area contributed by atoms with E-state index < -0.39 is 4.92 Å². The number of ether oxygens (including phenoxy) is 2. The fourth-order valence-electron chi connectivity index (χ4n) is 4.54. The summed E-state index contributed by atoms with van der Waals surface area (Å²) in [6, 6.07) is 24.1. The number of furan rings is 1. The zero-order valence-electron chi connectivity index (χ0n) is 22.4. The summed E-state index contributed by atoms with van der Waals surface area (Å²) < 4.78 is 19.9. The summed E-state index contributed by atoms with van der Waals surface area (Å²) in [5.41, 5.74) is 2.03. The largest absolute Gasteiger partial charge is 0.496 e. The monoisotopic (exact) mass is 702 g/mol. The number of nitro benzene ring substituents is 1. The molecule has 43 heavy (non-hydrogen) atoms. The zero-order chi connectivity index (χ0) is 30.1. The summed E-state index contributed by atoms with van der Waals surface area (Å²) in [4.78, 5) is 29.0. The number of non-ortho nitro benzene ring substituents is 1. The van der Waals surface area contributed by atoms with Gasteiger partial charge in [0.05, 0.1) is 43.5 Å². The van der Waals surface area contributed by atoms with Crippen LogP contribution in [0.25, 0.3) is 33.5 Å². The van der Waals surface area contributed by atoms with Crippen molar-refractivity contribution < 1.29 is 18.8 Å². The normalized spacial score (nSPS) is 11.4. The predicted octanol–water partition coefficient (Wildman–Crippen LogP) is 7.71. The Morgan fingerprint density at radius 2 is 1.77 bits per heavy atom. The van der Waals surface area contributed by atoms with Crippen LogP contribution in [-0.2, 0) is 6.61 Å². The number of halogens is 2. The minimum absolute atomic E-state index is 0.00892. The molecule has 6 rings (SSSR count). The van der Waals surface area contributed by atoms with Crippen molar-refractivity contribution in [1.82, 2.24) is 9.66 Å². The van der Waals surface area contributed by atoms with Gasteiger partial charge in [-0.15, -0.1) is 0 Å². The van der Waals surface area contributed by atoms with Crippen LogP contribution in [0.4, 0.5) is 5.69 Å². The molecule has 0 N–H and O–H groups in total. The standard InChI is InChI=1S/C31H20Br2N4O6/c1-41-26-10-5-11-27-22(26)15-28(43-27)30-35-25-9-3-2-8-21(25)31(38)36(30)34-16-19-13-23(32)29(24(33)14-19)42-17-18-6-4-7-20(12-18)37(39)40/h2-16H,17H2,1H3. The van der Waals surface area contributed by atoms with E-state index in [-0.39, 0.29) is 23.7 Å². The molecule has 0 aliphatic rings. The molecule has 0 radical (unpaired) electrons. The number of nitro groups is 1. The lowest BCUT2D eigenvalue weighted by Gasteiger charge is -2.11. The molecule has 2 aromatic heterocycles. The van der Waals surface area contributed by atoms with Crippen molar-refractivity contribution in [3.05, 3.63) is 125 Å². The number of para-hydroxylation sites is 1. The molecule has 0 atom stereocenters. The van der Waals surface area contributed by atoms with Gasteiger partial charge in [0.1, 0.15) is 23.7 Å². The van der Waals surface area contributed by atoms with Gasteiger partial charge in [-0.05, 0) is 85.5 Å². The van der Waals surface area contributed by atoms with Crippen LogP contribution < -0.4 is 15.0 Å². The van der Waals surface area contributed by atoms with Gasteiger partial charge in [-0.25, -0.2) is 4.98 Å². The zero-order valence-corrected chi connectivity index (χ0v) is 25.5. The topological polar surface area (TPSA) is 122 Å². The lowest BCUT2D eigenvalue weighted by Crippen LogP contribution is -2.20. The third kappa shape index (κ3) is 5.66. The minimum Gasteiger partial charge on any atom is -0.496 e. The summed E-state index contributed by atoms with van der Waals surface area (Å²) in [5.74, 6) is 1.72. The first-order valence-corrected chi connectivity index (χ1v) is 14.4. The van der Waals surface area contributed by atoms with Crippen molar-refractivity contribution >= 4 is 65.6 Å². The number of hydrogen-bond acceptors (Lipinski definition) is 8. The van der Waals surface area contributed by atoms with Gasteiger partial charge in [-0.1, -0.05) is 30.3 Å². The Morgan fingerprint density at radius 1 is 1.00 bits per heavy atom. The summed E-state index contributed by atoms with van der Waals surface area (Å²) in [6.45, 7) is 0.121. The molecule has 2 heterocycles. The highest BCUT2D eigenvalue weighted by molar-refractivity contribution is 9.11. The Kier molecular flexibility index (Phi) is 7.78. The van der Waals surface area contributed by atoms with Crippen LogP contribution >= 0.6 is 31.9 Å². The molecule has 0 saturated heterocycles. The van der Waals surface area contributed by atoms with E-state index in [4.69, 9.17) is 18.9 Å². The van der Waals surface area contributed by atoms with Crippen molar-refractivity contribution in [2.75, 3.05) is 7.11 Å². The van der Waals surface area contributed by atoms with Gasteiger partial charge in [0.2, 0.25) is 5.82 Å². The lowest BCUT2D eigenvalue weighted by atomic mass is 10.2. The average molecular weight is 704 g/mol. The van der Waals surface area contributed by atoms with E-state index in [9.17, 15) is 14.9 Å². The highest BCUT2D eigenvalue weighted by atomic mass is 79.9. The van der Waals surface area contributed by atoms with E-state index in [1.807, 2.05) is 24.3 Å². The number of hydrogen-bond donors (Lipinski definition) is 0. The maximum atomic E-state index is 13.6. The van der Waals surface area contributed by atoms with Gasteiger partial charge in [-0.3, -0.25) is 14.9 Å². The number of aromatic nitrogens is 2. The quantitative estimate of drug-likeness (QED) is 0.0904. The van der Waals surface area contributed by atoms with E-state index in [1.165, 1.54) is 23.0 Å². The van der Waals surface area contributed by atoms with Crippen molar-refractivity contribution in [2.24, 2.45) is 5.10 Å². The van der Waals surface area contributed by atoms with Gasteiger partial charge < -0.3 is 13.9 Å². The fraction of sp³-hybridized carbons (Fsp3) is 0.0645. The second kappa shape index (κ2) is 11.8. The van der Waals surface area contributed by atoms with Crippen LogP contribution in [-0.4, -0.2) is 27.9 Å². The van der Waals surface area contributed by atoms with Gasteiger partial charge >= 0.3 is 0 Å². The third-order valence-corrected chi connectivity index (χ3v) is 7.74. The first kappa shape index (κ1) is 28.3. The van der Waals surface area contributed by atoms with Crippen LogP contribution in [0.1, 0.15) is 11.1 Å². The molecule has 0 saturated carbocycles. The number of fused-ring (bicyclic) bond motifs is 2. The van der Waals surface area contributed by atoms with Gasteiger partial charge in [0.25, 0.3) is 11.2 Å². The van der Waals surface area contributed by atoms with Crippen LogP contribution in [0, 0.1) is 10.1 Å². The molecule has 0 aliphatic heterocycles. The lowest BCUT2D eigenvalue weighted by molar-refractivity contribution is -0.384. The molecule has 214 valence electrons. The maximum absolute atomic E-state index is 13.6. The van der Waals surface area contributed by atoms with Crippen LogP contribution in [0.2, 0.25) is 0 Å². The molecule has 0 aliphatic carbocycles. The molecule has 0 unspecified atom stereocenters. The van der Waals surface area contributed by atoms with E-state index in [1.54, 1.807) is 55.6 Å². The number of benzene rings is 4. The molecule has 0 amide bonds. The summed E-state index contributed by atoms with van der Waals surface area (Å²) in [6.07, 6.45) is 1.53. The molecule has 0 fully saturated rings. The molecule has 6 aromatic rings. The summed E-state index contributed by atoms with van der Waals surface area (Å²) in [7, 11) is 1.58. The Labute approximate surface area is 260 Å². The van der Waals surface area contributed by atoms with Crippen molar-refractivity contribution in [2.45, 2.75) is 6.61 Å². The van der Waals surface area contributed by atoms with Crippen molar-refractivity contribution in [1.29, 1.82) is 0 Å². The SMILES string of the molecule is COc1cccc2oc(-c3nc4ccccc4c(=O)n3N=Cc3cc(Br)c(OCc4cccc([N+](=O)[O-])c4)c(Br)c3)cc12. The van der Waals surface area contributed by atoms with Crippen LogP contribution in [0.3, 0.4) is 0 Å². The molecule has 4 aromatic carbocycles. The van der Waals surface area contributed by atoms with Crippen molar-refractivity contribution in [3.63, 3.8) is 0 Å². The summed E-state index contributed by atoms with van der Waals surface area (Å²) >= 11 is 7.07. The molecule has 0 spiro atoms. The van der Waals surface area contributed by atoms with Crippen molar-refractivity contribution in [3.8, 4) is 23.1 Å². The Bertz CT molecular complexity index is 2100. The Balaban J connectivity index is 1.36. The van der Waals surface area contributed by atoms with Gasteiger partial charge in [0.15, 0.2) is 5.76 Å². The van der Waals surface area contributed by atoms with Crippen LogP contribution in [0.5, 0.6) is 11.5 Å². The highest BCUT2D eigenvalue weighted by Crippen LogP contribution is 2.36. The van der Waals surface area contributed by atoms with Gasteiger partial charge in [-0.2, -0.15) is 9.78 Å². The highest BCUT2D eigenvalue weighted by Gasteiger charge is 2.18. The first-order valence-electron chi connectivity index (χ1n) is 12.8. The minimum atomic E-state index is -0.448.